The fraction of sp³-hybridized carbons (Fsp3) is 0.875. The van der Waals surface area contributed by atoms with Crippen LogP contribution in [0.4, 0.5) is 4.79 Å². The van der Waals surface area contributed by atoms with Crippen LogP contribution < -0.4 is 21.7 Å². The third-order valence-corrected chi connectivity index (χ3v) is 4.07. The van der Waals surface area contributed by atoms with Crippen LogP contribution in [0.2, 0.25) is 0 Å². The van der Waals surface area contributed by atoms with Gasteiger partial charge in [0, 0.05) is 31.6 Å². The molecule has 5 N–H and O–H groups in total. The SMILES string of the molecule is C[C@@H](CN)NC(=O)CCCCCNC(=O)NC1CCCCC1. The Bertz CT molecular complexity index is 330. The molecule has 0 aromatic heterocycles. The lowest BCUT2D eigenvalue weighted by molar-refractivity contribution is -0.121. The summed E-state index contributed by atoms with van der Waals surface area (Å²) in [5.41, 5.74) is 5.45. The van der Waals surface area contributed by atoms with Gasteiger partial charge in [-0.3, -0.25) is 4.79 Å². The molecule has 128 valence electrons. The van der Waals surface area contributed by atoms with Gasteiger partial charge in [0.2, 0.25) is 5.91 Å². The summed E-state index contributed by atoms with van der Waals surface area (Å²) in [6.07, 6.45) is 9.14. The van der Waals surface area contributed by atoms with Gasteiger partial charge < -0.3 is 21.7 Å². The number of carbonyl (C=O) groups is 2. The maximum atomic E-state index is 11.7. The lowest BCUT2D eigenvalue weighted by atomic mass is 9.96. The van der Waals surface area contributed by atoms with Crippen LogP contribution in [0.25, 0.3) is 0 Å². The van der Waals surface area contributed by atoms with Crippen molar-refractivity contribution in [3.05, 3.63) is 0 Å². The molecule has 0 heterocycles. The van der Waals surface area contributed by atoms with Gasteiger partial charge in [0.25, 0.3) is 0 Å². The van der Waals surface area contributed by atoms with E-state index in [0.717, 1.165) is 32.1 Å². The standard InChI is InChI=1S/C16H32N4O2/c1-13(12-17)19-15(21)10-6-3-7-11-18-16(22)20-14-8-4-2-5-9-14/h13-14H,2-12,17H2,1H3,(H,19,21)(H2,18,20,22)/t13-/m0/s1. The Hall–Kier alpha value is -1.30. The van der Waals surface area contributed by atoms with Crippen molar-refractivity contribution in [3.8, 4) is 0 Å². The van der Waals surface area contributed by atoms with E-state index in [1.807, 2.05) is 6.92 Å². The molecule has 1 fully saturated rings. The molecule has 1 aliphatic carbocycles. The molecular formula is C16H32N4O2. The predicted molar refractivity (Wildman–Crippen MR) is 88.5 cm³/mol. The molecule has 0 aromatic carbocycles. The van der Waals surface area contributed by atoms with E-state index in [1.165, 1.54) is 19.3 Å². The first-order valence-corrected chi connectivity index (χ1v) is 8.65. The van der Waals surface area contributed by atoms with Crippen molar-refractivity contribution in [1.82, 2.24) is 16.0 Å². The van der Waals surface area contributed by atoms with Crippen molar-refractivity contribution < 1.29 is 9.59 Å². The first kappa shape index (κ1) is 18.7. The maximum absolute atomic E-state index is 11.7. The number of carbonyl (C=O) groups excluding carboxylic acids is 2. The third-order valence-electron chi connectivity index (χ3n) is 4.07. The fourth-order valence-electron chi connectivity index (χ4n) is 2.68. The number of rotatable bonds is 9. The quantitative estimate of drug-likeness (QED) is 0.487. The summed E-state index contributed by atoms with van der Waals surface area (Å²) in [7, 11) is 0. The first-order valence-electron chi connectivity index (χ1n) is 8.65. The van der Waals surface area contributed by atoms with Gasteiger partial charge in [0.15, 0.2) is 0 Å². The number of nitrogens with two attached hydrogens (primary N) is 1. The third kappa shape index (κ3) is 8.87. The summed E-state index contributed by atoms with van der Waals surface area (Å²) in [6.45, 7) is 3.03. The van der Waals surface area contributed by atoms with Crippen LogP contribution in [-0.2, 0) is 4.79 Å². The summed E-state index contributed by atoms with van der Waals surface area (Å²) in [5, 5.41) is 8.76. The molecule has 3 amide bonds. The Balaban J connectivity index is 1.94. The van der Waals surface area contributed by atoms with Crippen molar-refractivity contribution in [2.75, 3.05) is 13.1 Å². The Morgan fingerprint density at radius 2 is 1.86 bits per heavy atom. The summed E-state index contributed by atoms with van der Waals surface area (Å²) in [5.74, 6) is 0.0564. The molecule has 0 spiro atoms. The van der Waals surface area contributed by atoms with Crippen molar-refractivity contribution in [1.29, 1.82) is 0 Å². The predicted octanol–water partition coefficient (Wildman–Crippen LogP) is 1.64. The Morgan fingerprint density at radius 3 is 2.55 bits per heavy atom. The molecule has 0 unspecified atom stereocenters. The topological polar surface area (TPSA) is 96.2 Å². The number of unbranched alkanes of at least 4 members (excludes halogenated alkanes) is 2. The zero-order valence-electron chi connectivity index (χ0n) is 13.8. The highest BCUT2D eigenvalue weighted by Crippen LogP contribution is 2.17. The number of hydrogen-bond acceptors (Lipinski definition) is 3. The molecule has 1 atom stereocenters. The van der Waals surface area contributed by atoms with Gasteiger partial charge in [-0.15, -0.1) is 0 Å². The van der Waals surface area contributed by atoms with Crippen LogP contribution in [0.15, 0.2) is 0 Å². The van der Waals surface area contributed by atoms with Crippen LogP contribution in [0, 0.1) is 0 Å². The van der Waals surface area contributed by atoms with Crippen LogP contribution in [-0.4, -0.2) is 37.1 Å². The van der Waals surface area contributed by atoms with Crippen LogP contribution in [0.1, 0.15) is 64.7 Å². The highest BCUT2D eigenvalue weighted by Gasteiger charge is 2.14. The van der Waals surface area contributed by atoms with Gasteiger partial charge in [-0.1, -0.05) is 25.7 Å². The van der Waals surface area contributed by atoms with Crippen molar-refractivity contribution >= 4 is 11.9 Å². The molecule has 0 radical (unpaired) electrons. The number of hydrogen-bond donors (Lipinski definition) is 4. The lowest BCUT2D eigenvalue weighted by Crippen LogP contribution is -2.43. The monoisotopic (exact) mass is 312 g/mol. The minimum atomic E-state index is -0.0542. The van der Waals surface area contributed by atoms with E-state index in [1.54, 1.807) is 0 Å². The second kappa shape index (κ2) is 11.3. The highest BCUT2D eigenvalue weighted by atomic mass is 16.2. The van der Waals surface area contributed by atoms with E-state index in [2.05, 4.69) is 16.0 Å². The zero-order chi connectivity index (χ0) is 16.2. The average Bonchev–Trinajstić information content (AvgIpc) is 2.51. The second-order valence-electron chi connectivity index (χ2n) is 6.25. The molecule has 0 aromatic rings. The Labute approximate surface area is 134 Å². The normalized spacial score (nSPS) is 16.8. The van der Waals surface area contributed by atoms with Gasteiger partial charge >= 0.3 is 6.03 Å². The molecule has 0 bridgehead atoms. The number of nitrogens with one attached hydrogen (secondary N) is 3. The molecule has 22 heavy (non-hydrogen) atoms. The van der Waals surface area contributed by atoms with E-state index in [9.17, 15) is 9.59 Å². The first-order chi connectivity index (χ1) is 10.6. The Kier molecular flexibility index (Phi) is 9.62. The van der Waals surface area contributed by atoms with Gasteiger partial charge in [0.05, 0.1) is 0 Å². The summed E-state index contributed by atoms with van der Waals surface area (Å²) in [6, 6.07) is 0.334. The van der Waals surface area contributed by atoms with Crippen LogP contribution >= 0.6 is 0 Å². The number of amides is 3. The van der Waals surface area contributed by atoms with Crippen LogP contribution in [0.5, 0.6) is 0 Å². The molecule has 6 nitrogen and oxygen atoms in total. The molecule has 1 rings (SSSR count). The molecule has 6 heteroatoms. The van der Waals surface area contributed by atoms with Gasteiger partial charge in [-0.05, 0) is 32.6 Å². The highest BCUT2D eigenvalue weighted by molar-refractivity contribution is 5.76. The zero-order valence-corrected chi connectivity index (χ0v) is 13.8. The maximum Gasteiger partial charge on any atom is 0.315 e. The summed E-state index contributed by atoms with van der Waals surface area (Å²) >= 11 is 0. The average molecular weight is 312 g/mol. The van der Waals surface area contributed by atoms with Gasteiger partial charge in [-0.25, -0.2) is 4.79 Å². The molecule has 0 saturated heterocycles. The van der Waals surface area contributed by atoms with E-state index in [-0.39, 0.29) is 18.0 Å². The van der Waals surface area contributed by atoms with Crippen LogP contribution in [0.3, 0.4) is 0 Å². The Morgan fingerprint density at radius 1 is 1.14 bits per heavy atom. The fourth-order valence-corrected chi connectivity index (χ4v) is 2.68. The van der Waals surface area contributed by atoms with E-state index in [4.69, 9.17) is 5.73 Å². The van der Waals surface area contributed by atoms with E-state index >= 15 is 0 Å². The molecule has 1 saturated carbocycles. The largest absolute Gasteiger partial charge is 0.352 e. The van der Waals surface area contributed by atoms with Gasteiger partial charge in [0.1, 0.15) is 0 Å². The van der Waals surface area contributed by atoms with Gasteiger partial charge in [-0.2, -0.15) is 0 Å². The van der Waals surface area contributed by atoms with Crippen molar-refractivity contribution in [2.45, 2.75) is 76.8 Å². The van der Waals surface area contributed by atoms with E-state index < -0.39 is 0 Å². The smallest absolute Gasteiger partial charge is 0.315 e. The number of urea groups is 1. The lowest BCUT2D eigenvalue weighted by Gasteiger charge is -2.22. The summed E-state index contributed by atoms with van der Waals surface area (Å²) in [4.78, 5) is 23.2. The second-order valence-corrected chi connectivity index (χ2v) is 6.25. The van der Waals surface area contributed by atoms with Crippen molar-refractivity contribution in [2.24, 2.45) is 5.73 Å². The minimum absolute atomic E-state index is 0.0395. The molecule has 0 aliphatic heterocycles. The molecular weight excluding hydrogens is 280 g/mol. The summed E-state index contributed by atoms with van der Waals surface area (Å²) < 4.78 is 0. The van der Waals surface area contributed by atoms with Crippen molar-refractivity contribution in [3.63, 3.8) is 0 Å². The molecule has 1 aliphatic rings. The van der Waals surface area contributed by atoms with E-state index in [0.29, 0.717) is 25.6 Å². The minimum Gasteiger partial charge on any atom is -0.352 e.